The Labute approximate surface area is 135 Å². The minimum Gasteiger partial charge on any atom is -0.388 e. The summed E-state index contributed by atoms with van der Waals surface area (Å²) < 4.78 is 14.3. The van der Waals surface area contributed by atoms with Gasteiger partial charge in [0.15, 0.2) is 0 Å². The first-order valence-corrected chi connectivity index (χ1v) is 8.65. The fourth-order valence-electron chi connectivity index (χ4n) is 3.59. The average molecular weight is 358 g/mol. The van der Waals surface area contributed by atoms with Gasteiger partial charge >= 0.3 is 0 Å². The molecular weight excluding hydrogens is 333 g/mol. The van der Waals surface area contributed by atoms with E-state index in [2.05, 4.69) is 22.9 Å². The second-order valence-electron chi connectivity index (χ2n) is 6.37. The SMILES string of the molecule is CCCC1CCC(CN)(C(O)c2cc(F)ccc2Br)CC1. The van der Waals surface area contributed by atoms with Gasteiger partial charge in [0.2, 0.25) is 0 Å². The summed E-state index contributed by atoms with van der Waals surface area (Å²) in [4.78, 5) is 0. The first-order valence-electron chi connectivity index (χ1n) is 7.85. The van der Waals surface area contributed by atoms with Crippen LogP contribution in [0.2, 0.25) is 0 Å². The molecule has 21 heavy (non-hydrogen) atoms. The summed E-state index contributed by atoms with van der Waals surface area (Å²) in [7, 11) is 0. The maximum Gasteiger partial charge on any atom is 0.123 e. The van der Waals surface area contributed by atoms with Crippen molar-refractivity contribution in [1.82, 2.24) is 0 Å². The van der Waals surface area contributed by atoms with Crippen LogP contribution in [-0.4, -0.2) is 11.7 Å². The van der Waals surface area contributed by atoms with E-state index >= 15 is 0 Å². The smallest absolute Gasteiger partial charge is 0.123 e. The zero-order chi connectivity index (χ0) is 15.5. The molecule has 1 aliphatic carbocycles. The van der Waals surface area contributed by atoms with Gasteiger partial charge in [-0.15, -0.1) is 0 Å². The second-order valence-corrected chi connectivity index (χ2v) is 7.22. The highest BCUT2D eigenvalue weighted by molar-refractivity contribution is 9.10. The van der Waals surface area contributed by atoms with Crippen LogP contribution in [0.5, 0.6) is 0 Å². The standard InChI is InChI=1S/C17H25BrFNO/c1-2-3-12-6-8-17(11-20,9-7-12)16(21)14-10-13(19)4-5-15(14)18/h4-5,10,12,16,21H,2-3,6-9,11,20H2,1H3. The molecule has 0 aliphatic heterocycles. The molecule has 1 unspecified atom stereocenters. The van der Waals surface area contributed by atoms with E-state index in [1.807, 2.05) is 0 Å². The van der Waals surface area contributed by atoms with E-state index in [0.29, 0.717) is 12.1 Å². The van der Waals surface area contributed by atoms with E-state index in [9.17, 15) is 9.50 Å². The third-order valence-corrected chi connectivity index (χ3v) is 5.76. The van der Waals surface area contributed by atoms with Gasteiger partial charge in [0.05, 0.1) is 6.10 Å². The van der Waals surface area contributed by atoms with Gasteiger partial charge in [-0.25, -0.2) is 4.39 Å². The Morgan fingerprint density at radius 3 is 2.67 bits per heavy atom. The van der Waals surface area contributed by atoms with Crippen LogP contribution >= 0.6 is 15.9 Å². The zero-order valence-electron chi connectivity index (χ0n) is 12.6. The lowest BCUT2D eigenvalue weighted by Gasteiger charge is -2.43. The normalized spacial score (nSPS) is 27.6. The van der Waals surface area contributed by atoms with Gasteiger partial charge in [0, 0.05) is 16.4 Å². The van der Waals surface area contributed by atoms with Crippen LogP contribution in [0.25, 0.3) is 0 Å². The molecule has 4 heteroatoms. The molecular formula is C17H25BrFNO. The molecule has 0 saturated heterocycles. The first-order chi connectivity index (χ1) is 10.0. The lowest BCUT2D eigenvalue weighted by Crippen LogP contribution is -2.40. The highest BCUT2D eigenvalue weighted by Crippen LogP contribution is 2.48. The molecule has 3 N–H and O–H groups in total. The first kappa shape index (κ1) is 16.9. The molecule has 2 rings (SSSR count). The minimum absolute atomic E-state index is 0.319. The van der Waals surface area contributed by atoms with Crippen LogP contribution in [0.15, 0.2) is 22.7 Å². The Morgan fingerprint density at radius 1 is 1.43 bits per heavy atom. The second kappa shape index (κ2) is 7.21. The van der Waals surface area contributed by atoms with Crippen molar-refractivity contribution in [3.8, 4) is 0 Å². The summed E-state index contributed by atoms with van der Waals surface area (Å²) >= 11 is 3.42. The fourth-order valence-corrected chi connectivity index (χ4v) is 4.06. The van der Waals surface area contributed by atoms with Gasteiger partial charge in [-0.2, -0.15) is 0 Å². The van der Waals surface area contributed by atoms with Gasteiger partial charge in [-0.3, -0.25) is 0 Å². The number of aliphatic hydroxyl groups excluding tert-OH is 1. The number of nitrogens with two attached hydrogens (primary N) is 1. The highest BCUT2D eigenvalue weighted by atomic mass is 79.9. The van der Waals surface area contributed by atoms with Crippen molar-refractivity contribution >= 4 is 15.9 Å². The van der Waals surface area contributed by atoms with Gasteiger partial charge in [-0.1, -0.05) is 35.7 Å². The fraction of sp³-hybridized carbons (Fsp3) is 0.647. The van der Waals surface area contributed by atoms with Crippen LogP contribution in [0.3, 0.4) is 0 Å². The predicted molar refractivity (Wildman–Crippen MR) is 87.4 cm³/mol. The topological polar surface area (TPSA) is 46.2 Å². The molecule has 1 aromatic rings. The van der Waals surface area contributed by atoms with E-state index in [0.717, 1.165) is 36.1 Å². The van der Waals surface area contributed by atoms with Crippen LogP contribution < -0.4 is 5.73 Å². The van der Waals surface area contributed by atoms with Crippen molar-refractivity contribution in [2.24, 2.45) is 17.1 Å². The Bertz CT molecular complexity index is 472. The van der Waals surface area contributed by atoms with Crippen LogP contribution in [-0.2, 0) is 0 Å². The van der Waals surface area contributed by atoms with E-state index in [1.165, 1.54) is 25.0 Å². The van der Waals surface area contributed by atoms with Gasteiger partial charge in [-0.05, 0) is 55.4 Å². The molecule has 0 spiro atoms. The third kappa shape index (κ3) is 3.66. The van der Waals surface area contributed by atoms with E-state index in [4.69, 9.17) is 5.73 Å². The van der Waals surface area contributed by atoms with Crippen molar-refractivity contribution < 1.29 is 9.50 Å². The lowest BCUT2D eigenvalue weighted by atomic mass is 9.65. The number of hydrogen-bond donors (Lipinski definition) is 2. The van der Waals surface area contributed by atoms with Crippen molar-refractivity contribution in [2.45, 2.75) is 51.6 Å². The van der Waals surface area contributed by atoms with E-state index in [-0.39, 0.29) is 11.2 Å². The number of hydrogen-bond acceptors (Lipinski definition) is 2. The molecule has 1 aromatic carbocycles. The number of benzene rings is 1. The zero-order valence-corrected chi connectivity index (χ0v) is 14.2. The van der Waals surface area contributed by atoms with Crippen molar-refractivity contribution in [2.75, 3.05) is 6.54 Å². The summed E-state index contributed by atoms with van der Waals surface area (Å²) in [5, 5.41) is 10.8. The van der Waals surface area contributed by atoms with Crippen LogP contribution in [0, 0.1) is 17.2 Å². The molecule has 1 aliphatic rings. The third-order valence-electron chi connectivity index (χ3n) is 5.04. The summed E-state index contributed by atoms with van der Waals surface area (Å²) in [6, 6.07) is 4.47. The number of aliphatic hydroxyl groups is 1. The summed E-state index contributed by atoms with van der Waals surface area (Å²) in [6.07, 6.45) is 5.79. The Hall–Kier alpha value is -0.450. The maximum atomic E-state index is 13.5. The highest BCUT2D eigenvalue weighted by Gasteiger charge is 2.41. The molecule has 1 saturated carbocycles. The largest absolute Gasteiger partial charge is 0.388 e. The molecule has 0 heterocycles. The minimum atomic E-state index is -0.713. The quantitative estimate of drug-likeness (QED) is 0.811. The monoisotopic (exact) mass is 357 g/mol. The number of rotatable bonds is 5. The molecule has 1 fully saturated rings. The van der Waals surface area contributed by atoms with Crippen molar-refractivity contribution in [1.29, 1.82) is 0 Å². The number of halogens is 2. The van der Waals surface area contributed by atoms with Gasteiger partial charge < -0.3 is 10.8 Å². The Balaban J connectivity index is 2.19. The maximum absolute atomic E-state index is 13.5. The predicted octanol–water partition coefficient (Wildman–Crippen LogP) is 4.56. The summed E-state index contributed by atoms with van der Waals surface area (Å²) in [6.45, 7) is 2.65. The van der Waals surface area contributed by atoms with E-state index in [1.54, 1.807) is 6.07 Å². The molecule has 0 radical (unpaired) electrons. The van der Waals surface area contributed by atoms with Gasteiger partial charge in [0.25, 0.3) is 0 Å². The van der Waals surface area contributed by atoms with Crippen LogP contribution in [0.1, 0.15) is 57.1 Å². The molecule has 0 bridgehead atoms. The molecule has 1 atom stereocenters. The van der Waals surface area contributed by atoms with Crippen LogP contribution in [0.4, 0.5) is 4.39 Å². The van der Waals surface area contributed by atoms with Gasteiger partial charge in [0.1, 0.15) is 5.82 Å². The molecule has 2 nitrogen and oxygen atoms in total. The lowest BCUT2D eigenvalue weighted by molar-refractivity contribution is -0.0114. The van der Waals surface area contributed by atoms with Crippen molar-refractivity contribution in [3.05, 3.63) is 34.1 Å². The molecule has 0 amide bonds. The summed E-state index contributed by atoms with van der Waals surface area (Å²) in [5.74, 6) is 0.428. The van der Waals surface area contributed by atoms with Crippen molar-refractivity contribution in [3.63, 3.8) is 0 Å². The average Bonchev–Trinajstić information content (AvgIpc) is 2.50. The summed E-state index contributed by atoms with van der Waals surface area (Å²) in [5.41, 5.74) is 6.32. The molecule has 118 valence electrons. The Kier molecular flexibility index (Phi) is 5.81. The molecule has 0 aromatic heterocycles. The van der Waals surface area contributed by atoms with E-state index < -0.39 is 6.10 Å². The Morgan fingerprint density at radius 2 is 2.10 bits per heavy atom.